The molecule has 0 unspecified atom stereocenters. The number of nitrogens with zero attached hydrogens (tertiary/aromatic N) is 2. The van der Waals surface area contributed by atoms with Crippen LogP contribution >= 0.6 is 12.4 Å². The number of amides is 1. The Hall–Kier alpha value is -0.360. The molecule has 1 heterocycles. The van der Waals surface area contributed by atoms with Crippen molar-refractivity contribution >= 4 is 18.3 Å². The van der Waals surface area contributed by atoms with Gasteiger partial charge in [0.15, 0.2) is 0 Å². The predicted molar refractivity (Wildman–Crippen MR) is 65.8 cm³/mol. The Labute approximate surface area is 103 Å². The summed E-state index contributed by atoms with van der Waals surface area (Å²) >= 11 is 0. The van der Waals surface area contributed by atoms with E-state index in [0.717, 1.165) is 39.4 Å². The van der Waals surface area contributed by atoms with Gasteiger partial charge in [0.2, 0.25) is 5.91 Å². The Morgan fingerprint density at radius 3 is 2.56 bits per heavy atom. The minimum atomic E-state index is -0.403. The van der Waals surface area contributed by atoms with Crippen molar-refractivity contribution in [3.63, 3.8) is 0 Å². The molecule has 1 aliphatic heterocycles. The molecule has 1 rings (SSSR count). The average Bonchev–Trinajstić information content (AvgIpc) is 2.26. The highest BCUT2D eigenvalue weighted by Crippen LogP contribution is 1.97. The zero-order valence-electron chi connectivity index (χ0n) is 10.0. The van der Waals surface area contributed by atoms with Crippen LogP contribution in [0, 0.1) is 0 Å². The summed E-state index contributed by atoms with van der Waals surface area (Å²) in [5, 5.41) is 0. The number of ether oxygens (including phenoxy) is 1. The SMILES string of the molecule is C[C@@H](N)C(=O)N(C)CCN1CCOCC1.Cl. The van der Waals surface area contributed by atoms with Crippen LogP contribution in [-0.4, -0.2) is 68.2 Å². The van der Waals surface area contributed by atoms with E-state index in [1.165, 1.54) is 0 Å². The monoisotopic (exact) mass is 251 g/mol. The molecule has 0 aliphatic carbocycles. The molecule has 96 valence electrons. The number of morpholine rings is 1. The summed E-state index contributed by atoms with van der Waals surface area (Å²) in [4.78, 5) is 15.5. The molecule has 0 radical (unpaired) electrons. The molecule has 6 heteroatoms. The van der Waals surface area contributed by atoms with Crippen molar-refractivity contribution in [1.82, 2.24) is 9.80 Å². The van der Waals surface area contributed by atoms with Crippen LogP contribution in [0.1, 0.15) is 6.92 Å². The molecule has 0 aromatic heterocycles. The summed E-state index contributed by atoms with van der Waals surface area (Å²) < 4.78 is 5.25. The third-order valence-corrected chi connectivity index (χ3v) is 2.62. The van der Waals surface area contributed by atoms with E-state index in [-0.39, 0.29) is 18.3 Å². The maximum Gasteiger partial charge on any atom is 0.238 e. The van der Waals surface area contributed by atoms with Gasteiger partial charge in [-0.2, -0.15) is 0 Å². The van der Waals surface area contributed by atoms with Gasteiger partial charge in [-0.05, 0) is 6.92 Å². The summed E-state index contributed by atoms with van der Waals surface area (Å²) in [5.74, 6) is 0.00302. The van der Waals surface area contributed by atoms with Gasteiger partial charge in [-0.3, -0.25) is 9.69 Å². The van der Waals surface area contributed by atoms with Gasteiger partial charge < -0.3 is 15.4 Å². The summed E-state index contributed by atoms with van der Waals surface area (Å²) in [7, 11) is 1.80. The van der Waals surface area contributed by atoms with E-state index in [1.807, 2.05) is 0 Å². The first-order chi connectivity index (χ1) is 7.11. The van der Waals surface area contributed by atoms with Crippen molar-refractivity contribution in [2.75, 3.05) is 46.4 Å². The second kappa shape index (κ2) is 7.84. The maximum atomic E-state index is 11.5. The smallest absolute Gasteiger partial charge is 0.238 e. The Kier molecular flexibility index (Phi) is 7.66. The van der Waals surface area contributed by atoms with Gasteiger partial charge in [0, 0.05) is 33.2 Å². The van der Waals surface area contributed by atoms with Crippen molar-refractivity contribution in [3.8, 4) is 0 Å². The lowest BCUT2D eigenvalue weighted by atomic mass is 10.3. The Balaban J connectivity index is 0.00000225. The first-order valence-electron chi connectivity index (χ1n) is 5.42. The van der Waals surface area contributed by atoms with E-state index < -0.39 is 6.04 Å². The van der Waals surface area contributed by atoms with Crippen LogP contribution in [0.3, 0.4) is 0 Å². The quantitative estimate of drug-likeness (QED) is 0.735. The number of nitrogens with two attached hydrogens (primary N) is 1. The van der Waals surface area contributed by atoms with Gasteiger partial charge in [-0.15, -0.1) is 12.4 Å². The summed E-state index contributed by atoms with van der Waals surface area (Å²) in [6.45, 7) is 6.86. The average molecular weight is 252 g/mol. The molecule has 1 aliphatic rings. The Bertz CT molecular complexity index is 208. The molecule has 0 bridgehead atoms. The zero-order valence-corrected chi connectivity index (χ0v) is 10.8. The Morgan fingerprint density at radius 2 is 2.06 bits per heavy atom. The summed E-state index contributed by atoms with van der Waals surface area (Å²) in [5.41, 5.74) is 5.52. The topological polar surface area (TPSA) is 58.8 Å². The predicted octanol–water partition coefficient (Wildman–Crippen LogP) is -0.454. The second-order valence-corrected chi connectivity index (χ2v) is 4.00. The van der Waals surface area contributed by atoms with Gasteiger partial charge in [-0.25, -0.2) is 0 Å². The third-order valence-electron chi connectivity index (χ3n) is 2.62. The van der Waals surface area contributed by atoms with Crippen LogP contribution < -0.4 is 5.73 Å². The zero-order chi connectivity index (χ0) is 11.3. The van der Waals surface area contributed by atoms with Crippen LogP contribution in [0.2, 0.25) is 0 Å². The molecule has 0 saturated carbocycles. The van der Waals surface area contributed by atoms with Crippen LogP contribution in [-0.2, 0) is 9.53 Å². The molecule has 0 aromatic rings. The first-order valence-corrected chi connectivity index (χ1v) is 5.42. The first kappa shape index (κ1) is 15.6. The Morgan fingerprint density at radius 1 is 1.50 bits per heavy atom. The number of hydrogen-bond donors (Lipinski definition) is 1. The maximum absolute atomic E-state index is 11.5. The molecule has 2 N–H and O–H groups in total. The molecule has 0 aromatic carbocycles. The van der Waals surface area contributed by atoms with Gasteiger partial charge in [-0.1, -0.05) is 0 Å². The van der Waals surface area contributed by atoms with Crippen molar-refractivity contribution in [2.45, 2.75) is 13.0 Å². The number of carbonyl (C=O) groups is 1. The number of halogens is 1. The van der Waals surface area contributed by atoms with E-state index >= 15 is 0 Å². The van der Waals surface area contributed by atoms with Crippen LogP contribution in [0.15, 0.2) is 0 Å². The van der Waals surface area contributed by atoms with Crippen molar-refractivity contribution in [1.29, 1.82) is 0 Å². The lowest BCUT2D eigenvalue weighted by Gasteiger charge is -2.29. The number of rotatable bonds is 4. The fraction of sp³-hybridized carbons (Fsp3) is 0.900. The largest absolute Gasteiger partial charge is 0.379 e. The molecular weight excluding hydrogens is 230 g/mol. The van der Waals surface area contributed by atoms with Crippen molar-refractivity contribution < 1.29 is 9.53 Å². The molecule has 16 heavy (non-hydrogen) atoms. The molecule has 1 saturated heterocycles. The van der Waals surface area contributed by atoms with E-state index in [9.17, 15) is 4.79 Å². The van der Waals surface area contributed by atoms with Gasteiger partial charge in [0.1, 0.15) is 0 Å². The highest BCUT2D eigenvalue weighted by molar-refractivity contribution is 5.85. The van der Waals surface area contributed by atoms with Crippen LogP contribution in [0.4, 0.5) is 0 Å². The van der Waals surface area contributed by atoms with Crippen molar-refractivity contribution in [2.24, 2.45) is 5.73 Å². The standard InChI is InChI=1S/C10H21N3O2.ClH/c1-9(11)10(14)12(2)3-4-13-5-7-15-8-6-13;/h9H,3-8,11H2,1-2H3;1H/t9-;/m1./s1. The minimum Gasteiger partial charge on any atom is -0.379 e. The highest BCUT2D eigenvalue weighted by Gasteiger charge is 2.15. The second-order valence-electron chi connectivity index (χ2n) is 4.00. The number of likely N-dealkylation sites (N-methyl/N-ethyl adjacent to an activating group) is 1. The lowest BCUT2D eigenvalue weighted by Crippen LogP contribution is -2.45. The molecular formula is C10H22ClN3O2. The van der Waals surface area contributed by atoms with E-state index in [2.05, 4.69) is 4.90 Å². The third kappa shape index (κ3) is 5.12. The van der Waals surface area contributed by atoms with E-state index in [4.69, 9.17) is 10.5 Å². The van der Waals surface area contributed by atoms with E-state index in [0.29, 0.717) is 0 Å². The van der Waals surface area contributed by atoms with E-state index in [1.54, 1.807) is 18.9 Å². The highest BCUT2D eigenvalue weighted by atomic mass is 35.5. The number of carbonyl (C=O) groups excluding carboxylic acids is 1. The fourth-order valence-electron chi connectivity index (χ4n) is 1.57. The van der Waals surface area contributed by atoms with Crippen molar-refractivity contribution in [3.05, 3.63) is 0 Å². The van der Waals surface area contributed by atoms with Gasteiger partial charge in [0.05, 0.1) is 19.3 Å². The fourth-order valence-corrected chi connectivity index (χ4v) is 1.57. The normalized spacial score (nSPS) is 18.7. The van der Waals surface area contributed by atoms with Gasteiger partial charge in [0.25, 0.3) is 0 Å². The minimum absolute atomic E-state index is 0. The summed E-state index contributed by atoms with van der Waals surface area (Å²) in [6, 6.07) is -0.403. The van der Waals surface area contributed by atoms with Crippen LogP contribution in [0.25, 0.3) is 0 Å². The lowest BCUT2D eigenvalue weighted by molar-refractivity contribution is -0.131. The number of hydrogen-bond acceptors (Lipinski definition) is 4. The molecule has 1 amide bonds. The van der Waals surface area contributed by atoms with Crippen LogP contribution in [0.5, 0.6) is 0 Å². The molecule has 1 fully saturated rings. The molecule has 1 atom stereocenters. The molecule has 5 nitrogen and oxygen atoms in total. The van der Waals surface area contributed by atoms with Gasteiger partial charge >= 0.3 is 0 Å². The molecule has 0 spiro atoms. The summed E-state index contributed by atoms with van der Waals surface area (Å²) in [6.07, 6.45) is 0.